The molecule has 3 heteroatoms. The molecule has 0 spiro atoms. The largest absolute Gasteiger partial charge is 0.341 e. The monoisotopic (exact) mass is 237 g/mol. The molecule has 0 fully saturated rings. The third kappa shape index (κ3) is 3.56. The van der Waals surface area contributed by atoms with Crippen LogP contribution in [0.4, 0.5) is 0 Å². The first-order valence-electron chi connectivity index (χ1n) is 5.45. The zero-order chi connectivity index (χ0) is 12.1. The Morgan fingerprint density at radius 3 is 2.69 bits per heavy atom. The van der Waals surface area contributed by atoms with Gasteiger partial charge in [-0.05, 0) is 30.7 Å². The molecule has 0 bridgehead atoms. The van der Waals surface area contributed by atoms with Crippen molar-refractivity contribution in [1.29, 1.82) is 0 Å². The van der Waals surface area contributed by atoms with Crippen molar-refractivity contribution >= 4 is 18.5 Å². The third-order valence-electron chi connectivity index (χ3n) is 2.66. The minimum absolute atomic E-state index is 0.149. The summed E-state index contributed by atoms with van der Waals surface area (Å²) < 4.78 is 0. The maximum absolute atomic E-state index is 11.6. The summed E-state index contributed by atoms with van der Waals surface area (Å²) in [7, 11) is 1.84. The van der Waals surface area contributed by atoms with Gasteiger partial charge in [-0.1, -0.05) is 23.8 Å². The lowest BCUT2D eigenvalue weighted by atomic mass is 10.1. The molecule has 0 aliphatic heterocycles. The zero-order valence-electron chi connectivity index (χ0n) is 10.2. The second-order valence-corrected chi connectivity index (χ2v) is 4.60. The van der Waals surface area contributed by atoms with E-state index < -0.39 is 0 Å². The van der Waals surface area contributed by atoms with Crippen LogP contribution in [0.1, 0.15) is 23.1 Å². The average molecular weight is 237 g/mol. The van der Waals surface area contributed by atoms with E-state index in [4.69, 9.17) is 0 Å². The van der Waals surface area contributed by atoms with Crippen molar-refractivity contribution in [3.8, 4) is 0 Å². The van der Waals surface area contributed by atoms with E-state index in [-0.39, 0.29) is 5.91 Å². The lowest BCUT2D eigenvalue weighted by Crippen LogP contribution is -2.26. The molecule has 0 atom stereocenters. The summed E-state index contributed by atoms with van der Waals surface area (Å²) in [6.45, 7) is 4.82. The molecule has 0 aromatic heterocycles. The summed E-state index contributed by atoms with van der Waals surface area (Å²) in [4.78, 5) is 13.4. The Morgan fingerprint density at radius 1 is 1.38 bits per heavy atom. The fraction of sp³-hybridized carbons (Fsp3) is 0.462. The van der Waals surface area contributed by atoms with E-state index in [1.807, 2.05) is 7.05 Å². The van der Waals surface area contributed by atoms with Crippen LogP contribution in [0.5, 0.6) is 0 Å². The van der Waals surface area contributed by atoms with Gasteiger partial charge in [-0.25, -0.2) is 0 Å². The molecule has 1 aromatic rings. The molecular formula is C13H19NOS. The maximum atomic E-state index is 11.6. The first-order valence-corrected chi connectivity index (χ1v) is 6.08. The highest BCUT2D eigenvalue weighted by molar-refractivity contribution is 7.80. The SMILES string of the molecule is Cc1ccc(C)c(CN(C)C(=O)CCS)c1. The van der Waals surface area contributed by atoms with Gasteiger partial charge in [-0.3, -0.25) is 4.79 Å². The average Bonchev–Trinajstić information content (AvgIpc) is 2.23. The number of aryl methyl sites for hydroxylation is 2. The van der Waals surface area contributed by atoms with Crippen LogP contribution in [0.3, 0.4) is 0 Å². The molecule has 0 radical (unpaired) electrons. The molecule has 1 rings (SSSR count). The molecule has 0 heterocycles. The van der Waals surface area contributed by atoms with Gasteiger partial charge in [-0.2, -0.15) is 12.6 Å². The van der Waals surface area contributed by atoms with Crippen LogP contribution < -0.4 is 0 Å². The van der Waals surface area contributed by atoms with Crippen LogP contribution in [-0.4, -0.2) is 23.6 Å². The number of rotatable bonds is 4. The molecule has 0 saturated heterocycles. The van der Waals surface area contributed by atoms with Crippen molar-refractivity contribution in [1.82, 2.24) is 4.90 Å². The lowest BCUT2D eigenvalue weighted by Gasteiger charge is -2.18. The minimum Gasteiger partial charge on any atom is -0.341 e. The van der Waals surface area contributed by atoms with Crippen molar-refractivity contribution in [2.75, 3.05) is 12.8 Å². The smallest absolute Gasteiger partial charge is 0.223 e. The molecule has 2 nitrogen and oxygen atoms in total. The van der Waals surface area contributed by atoms with Gasteiger partial charge in [0.25, 0.3) is 0 Å². The molecular weight excluding hydrogens is 218 g/mol. The number of hydrogen-bond donors (Lipinski definition) is 1. The van der Waals surface area contributed by atoms with Crippen LogP contribution in [0.25, 0.3) is 0 Å². The number of carbonyl (C=O) groups excluding carboxylic acids is 1. The highest BCUT2D eigenvalue weighted by atomic mass is 32.1. The van der Waals surface area contributed by atoms with Gasteiger partial charge in [-0.15, -0.1) is 0 Å². The predicted molar refractivity (Wildman–Crippen MR) is 70.9 cm³/mol. The van der Waals surface area contributed by atoms with Gasteiger partial charge in [0.05, 0.1) is 0 Å². The second-order valence-electron chi connectivity index (χ2n) is 4.15. The Labute approximate surface area is 103 Å². The minimum atomic E-state index is 0.149. The van der Waals surface area contributed by atoms with Crippen LogP contribution in [-0.2, 0) is 11.3 Å². The maximum Gasteiger partial charge on any atom is 0.223 e. The van der Waals surface area contributed by atoms with E-state index in [1.54, 1.807) is 4.90 Å². The zero-order valence-corrected chi connectivity index (χ0v) is 11.1. The predicted octanol–water partition coefficient (Wildman–Crippen LogP) is 2.58. The Hall–Kier alpha value is -0.960. The van der Waals surface area contributed by atoms with Crippen molar-refractivity contribution in [3.63, 3.8) is 0 Å². The molecule has 0 unspecified atom stereocenters. The summed E-state index contributed by atoms with van der Waals surface area (Å²) >= 11 is 4.07. The topological polar surface area (TPSA) is 20.3 Å². The van der Waals surface area contributed by atoms with E-state index in [9.17, 15) is 4.79 Å². The van der Waals surface area contributed by atoms with Gasteiger partial charge in [0.2, 0.25) is 5.91 Å². The molecule has 0 N–H and O–H groups in total. The van der Waals surface area contributed by atoms with Crippen molar-refractivity contribution < 1.29 is 4.79 Å². The number of benzene rings is 1. The molecule has 0 aliphatic rings. The fourth-order valence-electron chi connectivity index (χ4n) is 1.60. The number of hydrogen-bond acceptors (Lipinski definition) is 2. The van der Waals surface area contributed by atoms with Gasteiger partial charge in [0.15, 0.2) is 0 Å². The van der Waals surface area contributed by atoms with Crippen LogP contribution in [0, 0.1) is 13.8 Å². The van der Waals surface area contributed by atoms with Crippen LogP contribution in [0.2, 0.25) is 0 Å². The summed E-state index contributed by atoms with van der Waals surface area (Å²) in [5.74, 6) is 0.756. The molecule has 1 amide bonds. The van der Waals surface area contributed by atoms with Crippen molar-refractivity contribution in [2.45, 2.75) is 26.8 Å². The van der Waals surface area contributed by atoms with E-state index >= 15 is 0 Å². The van der Waals surface area contributed by atoms with Crippen LogP contribution in [0.15, 0.2) is 18.2 Å². The molecule has 0 saturated carbocycles. The van der Waals surface area contributed by atoms with Gasteiger partial charge in [0, 0.05) is 20.0 Å². The lowest BCUT2D eigenvalue weighted by molar-refractivity contribution is -0.129. The summed E-state index contributed by atoms with van der Waals surface area (Å²) in [6.07, 6.45) is 0.504. The van der Waals surface area contributed by atoms with E-state index in [0.29, 0.717) is 18.7 Å². The van der Waals surface area contributed by atoms with E-state index in [2.05, 4.69) is 44.7 Å². The number of thiol groups is 1. The van der Waals surface area contributed by atoms with Crippen LogP contribution >= 0.6 is 12.6 Å². The fourth-order valence-corrected chi connectivity index (χ4v) is 1.79. The Kier molecular flexibility index (Phi) is 4.87. The molecule has 88 valence electrons. The van der Waals surface area contributed by atoms with Gasteiger partial charge in [0.1, 0.15) is 0 Å². The van der Waals surface area contributed by atoms with Crippen molar-refractivity contribution in [3.05, 3.63) is 34.9 Å². The summed E-state index contributed by atoms with van der Waals surface area (Å²) in [5, 5.41) is 0. The highest BCUT2D eigenvalue weighted by Gasteiger charge is 2.09. The van der Waals surface area contributed by atoms with E-state index in [1.165, 1.54) is 16.7 Å². The first kappa shape index (κ1) is 13.1. The highest BCUT2D eigenvalue weighted by Crippen LogP contribution is 2.13. The Balaban J connectivity index is 2.72. The summed E-state index contributed by atoms with van der Waals surface area (Å²) in [5.41, 5.74) is 3.68. The summed E-state index contributed by atoms with van der Waals surface area (Å²) in [6, 6.07) is 6.33. The van der Waals surface area contributed by atoms with Gasteiger partial charge < -0.3 is 4.90 Å². The molecule has 0 aliphatic carbocycles. The standard InChI is InChI=1S/C13H19NOS/c1-10-4-5-11(2)12(8-10)9-14(3)13(15)6-7-16/h4-5,8,16H,6-7,9H2,1-3H3. The van der Waals surface area contributed by atoms with Gasteiger partial charge >= 0.3 is 0 Å². The number of carbonyl (C=O) groups is 1. The Bertz CT molecular complexity index is 376. The first-order chi connectivity index (χ1) is 7.54. The molecule has 16 heavy (non-hydrogen) atoms. The number of amides is 1. The Morgan fingerprint density at radius 2 is 2.06 bits per heavy atom. The quantitative estimate of drug-likeness (QED) is 0.798. The van der Waals surface area contributed by atoms with Crippen molar-refractivity contribution in [2.24, 2.45) is 0 Å². The van der Waals surface area contributed by atoms with E-state index in [0.717, 1.165) is 0 Å². The normalized spacial score (nSPS) is 10.2. The number of nitrogens with zero attached hydrogens (tertiary/aromatic N) is 1. The third-order valence-corrected chi connectivity index (χ3v) is 2.89. The molecule has 1 aromatic carbocycles. The second kappa shape index (κ2) is 5.94.